The molecule has 3 heteroatoms. The number of halogens is 1. The molecule has 3 atom stereocenters. The predicted molar refractivity (Wildman–Crippen MR) is 78.1 cm³/mol. The molecule has 1 saturated heterocycles. The minimum Gasteiger partial charge on any atom is -0.315 e. The average molecular weight is 267 g/mol. The fourth-order valence-electron chi connectivity index (χ4n) is 2.88. The van der Waals surface area contributed by atoms with E-state index in [0.717, 1.165) is 24.0 Å². The molecule has 0 amide bonds. The zero-order chi connectivity index (χ0) is 13.1. The summed E-state index contributed by atoms with van der Waals surface area (Å²) in [6.45, 7) is 6.81. The molecule has 1 aliphatic rings. The van der Waals surface area contributed by atoms with Crippen LogP contribution in [0.25, 0.3) is 0 Å². The molecule has 0 bridgehead atoms. The van der Waals surface area contributed by atoms with Gasteiger partial charge in [0.1, 0.15) is 0 Å². The standard InChI is InChI=1S/C15H23ClN2/c1-4-12-9-17-10-15(12)18(3)11(2)13-5-7-14(16)8-6-13/h5-8,11-12,15,17H,4,9-10H2,1-3H3. The van der Waals surface area contributed by atoms with Gasteiger partial charge in [-0.2, -0.15) is 0 Å². The Balaban J connectivity index is 2.08. The quantitative estimate of drug-likeness (QED) is 0.899. The number of hydrogen-bond donors (Lipinski definition) is 1. The number of hydrogen-bond acceptors (Lipinski definition) is 2. The van der Waals surface area contributed by atoms with Crippen LogP contribution in [0.2, 0.25) is 5.02 Å². The van der Waals surface area contributed by atoms with Crippen molar-refractivity contribution in [1.82, 2.24) is 10.2 Å². The van der Waals surface area contributed by atoms with Crippen molar-refractivity contribution in [3.63, 3.8) is 0 Å². The van der Waals surface area contributed by atoms with Crippen molar-refractivity contribution in [2.24, 2.45) is 5.92 Å². The summed E-state index contributed by atoms with van der Waals surface area (Å²) in [5.41, 5.74) is 1.34. The van der Waals surface area contributed by atoms with E-state index in [0.29, 0.717) is 12.1 Å². The van der Waals surface area contributed by atoms with Crippen molar-refractivity contribution in [2.75, 3.05) is 20.1 Å². The second-order valence-corrected chi connectivity index (χ2v) is 5.72. The lowest BCUT2D eigenvalue weighted by Crippen LogP contribution is -2.39. The molecular weight excluding hydrogens is 244 g/mol. The van der Waals surface area contributed by atoms with Gasteiger partial charge in [0, 0.05) is 23.7 Å². The fraction of sp³-hybridized carbons (Fsp3) is 0.600. The van der Waals surface area contributed by atoms with Crippen LogP contribution < -0.4 is 5.32 Å². The second kappa shape index (κ2) is 6.05. The van der Waals surface area contributed by atoms with Gasteiger partial charge in [-0.1, -0.05) is 37.1 Å². The van der Waals surface area contributed by atoms with Gasteiger partial charge in [-0.05, 0) is 44.1 Å². The van der Waals surface area contributed by atoms with E-state index in [1.165, 1.54) is 12.0 Å². The van der Waals surface area contributed by atoms with Crippen molar-refractivity contribution in [1.29, 1.82) is 0 Å². The number of likely N-dealkylation sites (N-methyl/N-ethyl adjacent to an activating group) is 1. The number of nitrogens with zero attached hydrogens (tertiary/aromatic N) is 1. The maximum atomic E-state index is 5.95. The van der Waals surface area contributed by atoms with Crippen LogP contribution in [0, 0.1) is 5.92 Å². The monoisotopic (exact) mass is 266 g/mol. The van der Waals surface area contributed by atoms with Crippen LogP contribution in [0.5, 0.6) is 0 Å². The first-order valence-electron chi connectivity index (χ1n) is 6.81. The zero-order valence-electron chi connectivity index (χ0n) is 11.5. The minimum absolute atomic E-state index is 0.432. The van der Waals surface area contributed by atoms with Crippen molar-refractivity contribution in [2.45, 2.75) is 32.4 Å². The summed E-state index contributed by atoms with van der Waals surface area (Å²) in [6.07, 6.45) is 1.25. The topological polar surface area (TPSA) is 15.3 Å². The molecule has 1 aliphatic heterocycles. The van der Waals surface area contributed by atoms with Gasteiger partial charge in [0.05, 0.1) is 0 Å². The molecule has 0 aliphatic carbocycles. The van der Waals surface area contributed by atoms with Gasteiger partial charge in [0.15, 0.2) is 0 Å². The van der Waals surface area contributed by atoms with E-state index in [4.69, 9.17) is 11.6 Å². The van der Waals surface area contributed by atoms with E-state index in [2.05, 4.69) is 43.2 Å². The molecule has 1 fully saturated rings. The van der Waals surface area contributed by atoms with Crippen molar-refractivity contribution in [3.8, 4) is 0 Å². The predicted octanol–water partition coefficient (Wildman–Crippen LogP) is 3.33. The Hall–Kier alpha value is -0.570. The highest BCUT2D eigenvalue weighted by Crippen LogP contribution is 2.27. The molecule has 100 valence electrons. The SMILES string of the molecule is CCC1CNCC1N(C)C(C)c1ccc(Cl)cc1. The molecule has 1 aromatic rings. The summed E-state index contributed by atoms with van der Waals surface area (Å²) in [6, 6.07) is 9.29. The third-order valence-corrected chi connectivity index (χ3v) is 4.57. The lowest BCUT2D eigenvalue weighted by atomic mass is 9.97. The summed E-state index contributed by atoms with van der Waals surface area (Å²) < 4.78 is 0. The molecule has 0 spiro atoms. The molecule has 18 heavy (non-hydrogen) atoms. The second-order valence-electron chi connectivity index (χ2n) is 5.29. The Labute approximate surface area is 115 Å². The molecule has 0 aromatic heterocycles. The molecule has 1 N–H and O–H groups in total. The average Bonchev–Trinajstić information content (AvgIpc) is 2.86. The third-order valence-electron chi connectivity index (χ3n) is 4.31. The van der Waals surface area contributed by atoms with Gasteiger partial charge in [-0.15, -0.1) is 0 Å². The molecule has 3 unspecified atom stereocenters. The Kier molecular flexibility index (Phi) is 4.66. The van der Waals surface area contributed by atoms with Gasteiger partial charge < -0.3 is 5.32 Å². The summed E-state index contributed by atoms with van der Waals surface area (Å²) in [5.74, 6) is 0.768. The van der Waals surface area contributed by atoms with E-state index in [1.807, 2.05) is 12.1 Å². The molecular formula is C15H23ClN2. The number of benzene rings is 1. The number of nitrogens with one attached hydrogen (secondary N) is 1. The first-order valence-corrected chi connectivity index (χ1v) is 7.19. The largest absolute Gasteiger partial charge is 0.315 e. The van der Waals surface area contributed by atoms with E-state index < -0.39 is 0 Å². The van der Waals surface area contributed by atoms with E-state index >= 15 is 0 Å². The highest BCUT2D eigenvalue weighted by Gasteiger charge is 2.31. The van der Waals surface area contributed by atoms with Crippen molar-refractivity contribution >= 4 is 11.6 Å². The van der Waals surface area contributed by atoms with Crippen LogP contribution in [0.3, 0.4) is 0 Å². The highest BCUT2D eigenvalue weighted by molar-refractivity contribution is 6.30. The van der Waals surface area contributed by atoms with Gasteiger partial charge in [0.25, 0.3) is 0 Å². The summed E-state index contributed by atoms with van der Waals surface area (Å²) >= 11 is 5.95. The summed E-state index contributed by atoms with van der Waals surface area (Å²) in [7, 11) is 2.24. The van der Waals surface area contributed by atoms with Crippen LogP contribution >= 0.6 is 11.6 Å². The van der Waals surface area contributed by atoms with E-state index in [9.17, 15) is 0 Å². The van der Waals surface area contributed by atoms with Gasteiger partial charge >= 0.3 is 0 Å². The minimum atomic E-state index is 0.432. The molecule has 2 rings (SSSR count). The van der Waals surface area contributed by atoms with Crippen LogP contribution in [0.1, 0.15) is 31.9 Å². The molecule has 2 nitrogen and oxygen atoms in total. The zero-order valence-corrected chi connectivity index (χ0v) is 12.2. The van der Waals surface area contributed by atoms with Gasteiger partial charge in [-0.3, -0.25) is 4.90 Å². The van der Waals surface area contributed by atoms with Crippen LogP contribution in [0.15, 0.2) is 24.3 Å². The molecule has 0 saturated carbocycles. The Morgan fingerprint density at radius 3 is 2.61 bits per heavy atom. The van der Waals surface area contributed by atoms with E-state index in [-0.39, 0.29) is 0 Å². The number of rotatable bonds is 4. The summed E-state index contributed by atoms with van der Waals surface area (Å²) in [4.78, 5) is 2.50. The van der Waals surface area contributed by atoms with Crippen LogP contribution in [-0.2, 0) is 0 Å². The van der Waals surface area contributed by atoms with E-state index in [1.54, 1.807) is 0 Å². The maximum Gasteiger partial charge on any atom is 0.0406 e. The van der Waals surface area contributed by atoms with Gasteiger partial charge in [0.2, 0.25) is 0 Å². The lowest BCUT2D eigenvalue weighted by Gasteiger charge is -2.33. The molecule has 1 aromatic carbocycles. The summed E-state index contributed by atoms with van der Waals surface area (Å²) in [5, 5.41) is 4.31. The molecule has 0 radical (unpaired) electrons. The first kappa shape index (κ1) is 13.9. The van der Waals surface area contributed by atoms with Crippen molar-refractivity contribution < 1.29 is 0 Å². The van der Waals surface area contributed by atoms with Crippen LogP contribution in [-0.4, -0.2) is 31.1 Å². The first-order chi connectivity index (χ1) is 8.63. The molecule has 1 heterocycles. The fourth-order valence-corrected chi connectivity index (χ4v) is 3.00. The maximum absolute atomic E-state index is 5.95. The van der Waals surface area contributed by atoms with Crippen molar-refractivity contribution in [3.05, 3.63) is 34.9 Å². The Bertz CT molecular complexity index is 377. The normalized spacial score (nSPS) is 25.6. The highest BCUT2D eigenvalue weighted by atomic mass is 35.5. The Morgan fingerprint density at radius 1 is 1.33 bits per heavy atom. The third kappa shape index (κ3) is 2.87. The van der Waals surface area contributed by atoms with Crippen LogP contribution in [0.4, 0.5) is 0 Å². The lowest BCUT2D eigenvalue weighted by molar-refractivity contribution is 0.159. The smallest absolute Gasteiger partial charge is 0.0406 e. The Morgan fingerprint density at radius 2 is 2.00 bits per heavy atom. The van der Waals surface area contributed by atoms with Gasteiger partial charge in [-0.25, -0.2) is 0 Å².